The zero-order chi connectivity index (χ0) is 14.0. The van der Waals surface area contributed by atoms with Crippen molar-refractivity contribution in [3.8, 4) is 0 Å². The SMILES string of the molecule is O=S(=O)(Nc1cc(Cl)ccc1F)c1cccc(Cl)c1. The van der Waals surface area contributed by atoms with Crippen molar-refractivity contribution in [2.45, 2.75) is 4.90 Å². The highest BCUT2D eigenvalue weighted by atomic mass is 35.5. The van der Waals surface area contributed by atoms with Crippen LogP contribution in [0.1, 0.15) is 0 Å². The molecule has 0 aliphatic carbocycles. The Labute approximate surface area is 120 Å². The van der Waals surface area contributed by atoms with Gasteiger partial charge in [-0.3, -0.25) is 4.72 Å². The molecule has 0 saturated heterocycles. The van der Waals surface area contributed by atoms with Crippen molar-refractivity contribution in [1.82, 2.24) is 0 Å². The molecule has 0 saturated carbocycles. The van der Waals surface area contributed by atoms with Crippen molar-refractivity contribution in [1.29, 1.82) is 0 Å². The zero-order valence-electron chi connectivity index (χ0n) is 9.40. The standard InChI is InChI=1S/C12H8Cl2FNO2S/c13-8-2-1-3-10(6-8)19(17,18)16-12-7-9(14)4-5-11(12)15/h1-7,16H. The normalized spacial score (nSPS) is 11.3. The fourth-order valence-electron chi connectivity index (χ4n) is 1.41. The van der Waals surface area contributed by atoms with E-state index in [-0.39, 0.29) is 20.6 Å². The first-order valence-corrected chi connectivity index (χ1v) is 7.36. The van der Waals surface area contributed by atoms with Gasteiger partial charge in [0.1, 0.15) is 5.82 Å². The molecule has 0 spiro atoms. The highest BCUT2D eigenvalue weighted by molar-refractivity contribution is 7.92. The summed E-state index contributed by atoms with van der Waals surface area (Å²) < 4.78 is 39.7. The van der Waals surface area contributed by atoms with E-state index in [0.29, 0.717) is 0 Å². The van der Waals surface area contributed by atoms with Crippen LogP contribution in [0.4, 0.5) is 10.1 Å². The van der Waals surface area contributed by atoms with E-state index >= 15 is 0 Å². The lowest BCUT2D eigenvalue weighted by Crippen LogP contribution is -2.13. The van der Waals surface area contributed by atoms with Gasteiger partial charge in [0, 0.05) is 10.0 Å². The fourth-order valence-corrected chi connectivity index (χ4v) is 2.94. The van der Waals surface area contributed by atoms with Gasteiger partial charge in [-0.1, -0.05) is 29.3 Å². The molecule has 3 nitrogen and oxygen atoms in total. The number of sulfonamides is 1. The molecule has 2 aromatic rings. The van der Waals surface area contributed by atoms with E-state index in [1.165, 1.54) is 30.3 Å². The molecule has 2 aromatic carbocycles. The number of halogens is 3. The summed E-state index contributed by atoms with van der Waals surface area (Å²) in [5.74, 6) is -0.713. The number of nitrogens with one attached hydrogen (secondary N) is 1. The van der Waals surface area contributed by atoms with E-state index in [1.54, 1.807) is 6.07 Å². The Morgan fingerprint density at radius 1 is 1.00 bits per heavy atom. The molecule has 0 heterocycles. The third-order valence-corrected chi connectivity index (χ3v) is 4.11. The quantitative estimate of drug-likeness (QED) is 0.931. The Balaban J connectivity index is 2.39. The first kappa shape index (κ1) is 14.1. The largest absolute Gasteiger partial charge is 0.277 e. The molecule has 0 amide bonds. The Bertz CT molecular complexity index is 719. The molecule has 0 atom stereocenters. The van der Waals surface area contributed by atoms with Gasteiger partial charge < -0.3 is 0 Å². The average molecular weight is 320 g/mol. The summed E-state index contributed by atoms with van der Waals surface area (Å²) in [6.45, 7) is 0. The predicted molar refractivity (Wildman–Crippen MR) is 73.7 cm³/mol. The third kappa shape index (κ3) is 3.37. The highest BCUT2D eigenvalue weighted by Crippen LogP contribution is 2.23. The van der Waals surface area contributed by atoms with E-state index in [1.807, 2.05) is 0 Å². The van der Waals surface area contributed by atoms with Crippen LogP contribution in [0.3, 0.4) is 0 Å². The number of benzene rings is 2. The summed E-state index contributed by atoms with van der Waals surface area (Å²) in [5, 5.41) is 0.500. The molecular weight excluding hydrogens is 312 g/mol. The smallest absolute Gasteiger partial charge is 0.262 e. The second-order valence-electron chi connectivity index (χ2n) is 3.69. The second-order valence-corrected chi connectivity index (χ2v) is 6.24. The van der Waals surface area contributed by atoms with Crippen LogP contribution in [0.15, 0.2) is 47.4 Å². The van der Waals surface area contributed by atoms with Crippen molar-refractivity contribution in [3.63, 3.8) is 0 Å². The van der Waals surface area contributed by atoms with Crippen LogP contribution in [-0.4, -0.2) is 8.42 Å². The van der Waals surface area contributed by atoms with Crippen molar-refractivity contribution < 1.29 is 12.8 Å². The van der Waals surface area contributed by atoms with Crippen LogP contribution in [0.2, 0.25) is 10.0 Å². The summed E-state index contributed by atoms with van der Waals surface area (Å²) in [4.78, 5) is -0.0561. The molecule has 0 bridgehead atoms. The topological polar surface area (TPSA) is 46.2 Å². The lowest BCUT2D eigenvalue weighted by molar-refractivity contribution is 0.598. The van der Waals surface area contributed by atoms with Crippen molar-refractivity contribution in [3.05, 3.63) is 58.3 Å². The predicted octanol–water partition coefficient (Wildman–Crippen LogP) is 3.93. The molecule has 7 heteroatoms. The maximum atomic E-state index is 13.5. The van der Waals surface area contributed by atoms with Crippen LogP contribution in [0.5, 0.6) is 0 Å². The van der Waals surface area contributed by atoms with Gasteiger partial charge in [-0.05, 0) is 36.4 Å². The molecule has 0 radical (unpaired) electrons. The summed E-state index contributed by atoms with van der Waals surface area (Å²) in [6.07, 6.45) is 0. The second kappa shape index (κ2) is 5.36. The van der Waals surface area contributed by atoms with E-state index < -0.39 is 15.8 Å². The minimum atomic E-state index is -3.91. The fraction of sp³-hybridized carbons (Fsp3) is 0. The maximum Gasteiger partial charge on any atom is 0.262 e. The van der Waals surface area contributed by atoms with Gasteiger partial charge in [-0.2, -0.15) is 0 Å². The van der Waals surface area contributed by atoms with Crippen LogP contribution in [-0.2, 0) is 10.0 Å². The van der Waals surface area contributed by atoms with Crippen molar-refractivity contribution >= 4 is 38.9 Å². The molecule has 0 aliphatic rings. The maximum absolute atomic E-state index is 13.5. The average Bonchev–Trinajstić information content (AvgIpc) is 2.33. The molecule has 0 fully saturated rings. The number of anilines is 1. The van der Waals surface area contributed by atoms with E-state index in [2.05, 4.69) is 4.72 Å². The lowest BCUT2D eigenvalue weighted by atomic mass is 10.3. The molecule has 100 valence electrons. The van der Waals surface area contributed by atoms with Crippen molar-refractivity contribution in [2.24, 2.45) is 0 Å². The summed E-state index contributed by atoms with van der Waals surface area (Å²) in [7, 11) is -3.91. The lowest BCUT2D eigenvalue weighted by Gasteiger charge is -2.09. The van der Waals surface area contributed by atoms with Crippen LogP contribution in [0, 0.1) is 5.82 Å². The number of hydrogen-bond acceptors (Lipinski definition) is 2. The highest BCUT2D eigenvalue weighted by Gasteiger charge is 2.16. The summed E-state index contributed by atoms with van der Waals surface area (Å²) in [6, 6.07) is 9.26. The number of rotatable bonds is 3. The van der Waals surface area contributed by atoms with Crippen LogP contribution >= 0.6 is 23.2 Å². The van der Waals surface area contributed by atoms with Gasteiger partial charge in [0.05, 0.1) is 10.6 Å². The van der Waals surface area contributed by atoms with Crippen LogP contribution in [0.25, 0.3) is 0 Å². The van der Waals surface area contributed by atoms with Gasteiger partial charge >= 0.3 is 0 Å². The minimum Gasteiger partial charge on any atom is -0.277 e. The monoisotopic (exact) mass is 319 g/mol. The Hall–Kier alpha value is -1.30. The Kier molecular flexibility index (Phi) is 3.99. The van der Waals surface area contributed by atoms with E-state index in [4.69, 9.17) is 23.2 Å². The van der Waals surface area contributed by atoms with Gasteiger partial charge in [0.25, 0.3) is 10.0 Å². The van der Waals surface area contributed by atoms with Gasteiger partial charge in [-0.15, -0.1) is 0 Å². The Morgan fingerprint density at radius 2 is 1.68 bits per heavy atom. The molecule has 1 N–H and O–H groups in total. The zero-order valence-corrected chi connectivity index (χ0v) is 11.7. The molecule has 2 rings (SSSR count). The van der Waals surface area contributed by atoms with Crippen LogP contribution < -0.4 is 4.72 Å². The number of hydrogen-bond donors (Lipinski definition) is 1. The van der Waals surface area contributed by atoms with Gasteiger partial charge in [0.15, 0.2) is 0 Å². The summed E-state index contributed by atoms with van der Waals surface area (Å²) >= 11 is 11.4. The van der Waals surface area contributed by atoms with Gasteiger partial charge in [0.2, 0.25) is 0 Å². The van der Waals surface area contributed by atoms with Crippen molar-refractivity contribution in [2.75, 3.05) is 4.72 Å². The molecule has 0 unspecified atom stereocenters. The molecule has 0 aliphatic heterocycles. The summed E-state index contributed by atoms with van der Waals surface area (Å²) in [5.41, 5.74) is -0.215. The third-order valence-electron chi connectivity index (χ3n) is 2.28. The van der Waals surface area contributed by atoms with E-state index in [0.717, 1.165) is 6.07 Å². The Morgan fingerprint density at radius 3 is 2.37 bits per heavy atom. The van der Waals surface area contributed by atoms with E-state index in [9.17, 15) is 12.8 Å². The minimum absolute atomic E-state index is 0.0561. The first-order valence-electron chi connectivity index (χ1n) is 5.12. The molecular formula is C12H8Cl2FNO2S. The molecule has 0 aromatic heterocycles. The first-order chi connectivity index (χ1) is 8.88. The molecule has 19 heavy (non-hydrogen) atoms. The van der Waals surface area contributed by atoms with Gasteiger partial charge in [-0.25, -0.2) is 12.8 Å².